The number of para-hydroxylation sites is 1. The molecular weight excluding hydrogens is 439 g/mol. The molecule has 4 rings (SSSR count). The molecule has 1 aliphatic heterocycles. The first-order chi connectivity index (χ1) is 15.4. The van der Waals surface area contributed by atoms with Crippen molar-refractivity contribution >= 4 is 34.8 Å². The van der Waals surface area contributed by atoms with E-state index in [9.17, 15) is 4.79 Å². The molecular formula is C27H36Cl2N2O. The van der Waals surface area contributed by atoms with Gasteiger partial charge in [-0.15, -0.1) is 23.2 Å². The predicted molar refractivity (Wildman–Crippen MR) is 137 cm³/mol. The zero-order valence-electron chi connectivity index (χ0n) is 19.6. The van der Waals surface area contributed by atoms with Crippen LogP contribution in [-0.4, -0.2) is 37.5 Å². The fraction of sp³-hybridized carbons (Fsp3) is 0.519. The van der Waals surface area contributed by atoms with E-state index < -0.39 is 4.84 Å². The molecule has 1 amide bonds. The summed E-state index contributed by atoms with van der Waals surface area (Å²) in [6.45, 7) is 7.38. The first kappa shape index (κ1) is 25.1. The number of amides is 1. The fourth-order valence-electron chi connectivity index (χ4n) is 3.98. The summed E-state index contributed by atoms with van der Waals surface area (Å²) < 4.78 is 0. The van der Waals surface area contributed by atoms with Gasteiger partial charge in [0.1, 0.15) is 4.84 Å². The zero-order chi connectivity index (χ0) is 23.1. The van der Waals surface area contributed by atoms with E-state index in [1.807, 2.05) is 35.2 Å². The summed E-state index contributed by atoms with van der Waals surface area (Å²) in [5.41, 5.74) is 3.66. The lowest BCUT2D eigenvalue weighted by atomic mass is 9.98. The Kier molecular flexibility index (Phi) is 9.46. The first-order valence-electron chi connectivity index (χ1n) is 11.9. The molecule has 5 heteroatoms. The van der Waals surface area contributed by atoms with Crippen molar-refractivity contribution in [3.05, 3.63) is 65.2 Å². The summed E-state index contributed by atoms with van der Waals surface area (Å²) in [7, 11) is 2.18. The standard InChI is InChI=1S/C23H28Cl2N2O.C4H8/c1-3-4-13-26(2)14-12-19-16-27(21-11-6-5-10-20(19)21)23(28)18-9-7-8-17(15-18)22(24)25;1-4-2-3-4/h5-11,15,19,22H,3-4,12-14,16H2,1-2H3;4H,2-3H2,1H3. The van der Waals surface area contributed by atoms with E-state index in [-0.39, 0.29) is 5.91 Å². The van der Waals surface area contributed by atoms with Crippen LogP contribution in [0.2, 0.25) is 0 Å². The number of nitrogens with zero attached hydrogens (tertiary/aromatic N) is 2. The number of rotatable bonds is 8. The summed E-state index contributed by atoms with van der Waals surface area (Å²) in [6.07, 6.45) is 6.46. The molecule has 0 saturated heterocycles. The topological polar surface area (TPSA) is 23.6 Å². The van der Waals surface area contributed by atoms with Gasteiger partial charge in [0.25, 0.3) is 5.91 Å². The Balaban J connectivity index is 0.000000650. The Morgan fingerprint density at radius 1 is 1.12 bits per heavy atom. The third kappa shape index (κ3) is 6.97. The van der Waals surface area contributed by atoms with E-state index in [2.05, 4.69) is 37.9 Å². The SMILES string of the molecule is CC1CC1.CCCCN(C)CCC1CN(C(=O)c2cccc(C(Cl)Cl)c2)c2ccccc21. The molecule has 2 aliphatic rings. The van der Waals surface area contributed by atoms with E-state index in [4.69, 9.17) is 23.2 Å². The molecule has 2 aromatic rings. The lowest BCUT2D eigenvalue weighted by molar-refractivity contribution is 0.0987. The zero-order valence-corrected chi connectivity index (χ0v) is 21.1. The minimum Gasteiger partial charge on any atom is -0.307 e. The molecule has 1 aliphatic carbocycles. The highest BCUT2D eigenvalue weighted by molar-refractivity contribution is 6.44. The smallest absolute Gasteiger partial charge is 0.258 e. The van der Waals surface area contributed by atoms with Gasteiger partial charge < -0.3 is 9.80 Å². The number of unbranched alkanes of at least 4 members (excludes halogenated alkanes) is 1. The maximum atomic E-state index is 13.2. The average molecular weight is 476 g/mol. The largest absolute Gasteiger partial charge is 0.307 e. The van der Waals surface area contributed by atoms with Crippen LogP contribution in [0.25, 0.3) is 0 Å². The summed E-state index contributed by atoms with van der Waals surface area (Å²) in [5.74, 6) is 1.45. The third-order valence-corrected chi connectivity index (χ3v) is 6.82. The second kappa shape index (κ2) is 12.1. The summed E-state index contributed by atoms with van der Waals surface area (Å²) in [6, 6.07) is 15.6. The van der Waals surface area contributed by atoms with Crippen LogP contribution in [0.15, 0.2) is 48.5 Å². The lowest BCUT2D eigenvalue weighted by Gasteiger charge is -2.20. The Morgan fingerprint density at radius 3 is 2.50 bits per heavy atom. The average Bonchev–Trinajstić information content (AvgIpc) is 3.50. The van der Waals surface area contributed by atoms with E-state index >= 15 is 0 Å². The van der Waals surface area contributed by atoms with Crippen LogP contribution < -0.4 is 4.90 Å². The Hall–Kier alpha value is -1.55. The van der Waals surface area contributed by atoms with Crippen molar-refractivity contribution in [2.24, 2.45) is 5.92 Å². The summed E-state index contributed by atoms with van der Waals surface area (Å²) in [5, 5.41) is 0. The molecule has 1 atom stereocenters. The van der Waals surface area contributed by atoms with Crippen molar-refractivity contribution < 1.29 is 4.79 Å². The maximum absolute atomic E-state index is 13.2. The van der Waals surface area contributed by atoms with Crippen LogP contribution in [0.4, 0.5) is 5.69 Å². The fourth-order valence-corrected chi connectivity index (χ4v) is 4.25. The molecule has 1 unspecified atom stereocenters. The molecule has 1 saturated carbocycles. The number of halogens is 2. The third-order valence-electron chi connectivity index (χ3n) is 6.32. The molecule has 0 bridgehead atoms. The van der Waals surface area contributed by atoms with Gasteiger partial charge in [-0.25, -0.2) is 0 Å². The van der Waals surface area contributed by atoms with Crippen molar-refractivity contribution in [1.82, 2.24) is 4.90 Å². The number of hydrogen-bond donors (Lipinski definition) is 0. The first-order valence-corrected chi connectivity index (χ1v) is 12.8. The number of hydrogen-bond acceptors (Lipinski definition) is 2. The van der Waals surface area contributed by atoms with Crippen molar-refractivity contribution in [1.29, 1.82) is 0 Å². The van der Waals surface area contributed by atoms with E-state index in [1.165, 1.54) is 31.2 Å². The number of carbonyl (C=O) groups excluding carboxylic acids is 1. The van der Waals surface area contributed by atoms with Gasteiger partial charge in [-0.2, -0.15) is 0 Å². The van der Waals surface area contributed by atoms with Crippen LogP contribution in [0.5, 0.6) is 0 Å². The maximum Gasteiger partial charge on any atom is 0.258 e. The number of benzene rings is 2. The number of anilines is 1. The monoisotopic (exact) mass is 474 g/mol. The molecule has 0 N–H and O–H groups in total. The van der Waals surface area contributed by atoms with Crippen LogP contribution in [0, 0.1) is 5.92 Å². The molecule has 0 spiro atoms. The van der Waals surface area contributed by atoms with Gasteiger partial charge in [0.05, 0.1) is 0 Å². The highest BCUT2D eigenvalue weighted by Crippen LogP contribution is 2.39. The van der Waals surface area contributed by atoms with Crippen molar-refractivity contribution in [3.8, 4) is 0 Å². The molecule has 32 heavy (non-hydrogen) atoms. The van der Waals surface area contributed by atoms with Gasteiger partial charge in [0.2, 0.25) is 0 Å². The number of fused-ring (bicyclic) bond motifs is 1. The molecule has 0 aromatic heterocycles. The Labute approximate surface area is 203 Å². The molecule has 2 aromatic carbocycles. The number of alkyl halides is 2. The van der Waals surface area contributed by atoms with Gasteiger partial charge in [-0.3, -0.25) is 4.79 Å². The molecule has 174 valence electrons. The van der Waals surface area contributed by atoms with Crippen LogP contribution in [-0.2, 0) is 0 Å². The van der Waals surface area contributed by atoms with Gasteiger partial charge in [0, 0.05) is 23.7 Å². The second-order valence-electron chi connectivity index (χ2n) is 9.23. The molecule has 1 heterocycles. The van der Waals surface area contributed by atoms with Crippen molar-refractivity contribution in [2.75, 3.05) is 31.6 Å². The quantitative estimate of drug-likeness (QED) is 0.370. The Bertz CT molecular complexity index is 881. The highest BCUT2D eigenvalue weighted by atomic mass is 35.5. The minimum atomic E-state index is -0.634. The van der Waals surface area contributed by atoms with Gasteiger partial charge in [0.15, 0.2) is 0 Å². The van der Waals surface area contributed by atoms with E-state index in [1.54, 1.807) is 6.07 Å². The Morgan fingerprint density at radius 2 is 1.84 bits per heavy atom. The van der Waals surface area contributed by atoms with Gasteiger partial charge in [-0.1, -0.05) is 63.4 Å². The lowest BCUT2D eigenvalue weighted by Crippen LogP contribution is -2.30. The normalized spacial score (nSPS) is 17.3. The van der Waals surface area contributed by atoms with Crippen molar-refractivity contribution in [3.63, 3.8) is 0 Å². The second-order valence-corrected chi connectivity index (χ2v) is 10.3. The molecule has 0 radical (unpaired) electrons. The predicted octanol–water partition coefficient (Wildman–Crippen LogP) is 7.45. The van der Waals surface area contributed by atoms with Gasteiger partial charge in [-0.05, 0) is 68.2 Å². The van der Waals surface area contributed by atoms with E-state index in [0.29, 0.717) is 11.5 Å². The highest BCUT2D eigenvalue weighted by Gasteiger charge is 2.32. The van der Waals surface area contributed by atoms with E-state index in [0.717, 1.165) is 43.2 Å². The summed E-state index contributed by atoms with van der Waals surface area (Å²) in [4.78, 5) is 16.9. The minimum absolute atomic E-state index is 0.00474. The van der Waals surface area contributed by atoms with Crippen LogP contribution >= 0.6 is 23.2 Å². The van der Waals surface area contributed by atoms with Crippen LogP contribution in [0.1, 0.15) is 78.2 Å². The van der Waals surface area contributed by atoms with Gasteiger partial charge >= 0.3 is 0 Å². The summed E-state index contributed by atoms with van der Waals surface area (Å²) >= 11 is 12.0. The molecule has 1 fully saturated rings. The van der Waals surface area contributed by atoms with Crippen molar-refractivity contribution in [2.45, 2.75) is 56.7 Å². The molecule has 3 nitrogen and oxygen atoms in total. The number of carbonyl (C=O) groups is 1. The van der Waals surface area contributed by atoms with Crippen LogP contribution in [0.3, 0.4) is 0 Å².